The van der Waals surface area contributed by atoms with E-state index in [2.05, 4.69) is 27.4 Å². The van der Waals surface area contributed by atoms with E-state index in [1.54, 1.807) is 66.3 Å². The van der Waals surface area contributed by atoms with Gasteiger partial charge in [0, 0.05) is 29.0 Å². The molecular weight excluding hydrogens is 450 g/mol. The summed E-state index contributed by atoms with van der Waals surface area (Å²) in [6.07, 6.45) is 1.71. The molecule has 0 saturated heterocycles. The van der Waals surface area contributed by atoms with Crippen molar-refractivity contribution in [2.45, 2.75) is 18.1 Å². The van der Waals surface area contributed by atoms with Crippen LogP contribution in [0.5, 0.6) is 5.75 Å². The molecular formula is C22H22ClN5O3S. The number of benzene rings is 2. The molecule has 0 bridgehead atoms. The van der Waals surface area contributed by atoms with Crippen molar-refractivity contribution in [1.29, 1.82) is 0 Å². The van der Waals surface area contributed by atoms with Crippen LogP contribution in [0.3, 0.4) is 0 Å². The number of nitrogens with one attached hydrogen (secondary N) is 2. The van der Waals surface area contributed by atoms with Crippen LogP contribution in [0.4, 0.5) is 11.4 Å². The van der Waals surface area contributed by atoms with Crippen LogP contribution in [0.25, 0.3) is 0 Å². The van der Waals surface area contributed by atoms with Crippen LogP contribution >= 0.6 is 23.4 Å². The molecule has 10 heteroatoms. The molecule has 3 rings (SSSR count). The Morgan fingerprint density at radius 1 is 1.12 bits per heavy atom. The maximum Gasteiger partial charge on any atom is 0.234 e. The third-order valence-corrected chi connectivity index (χ3v) is 5.46. The molecule has 0 radical (unpaired) electrons. The highest BCUT2D eigenvalue weighted by atomic mass is 35.5. The van der Waals surface area contributed by atoms with Gasteiger partial charge in [-0.05, 0) is 36.4 Å². The number of hydrogen-bond acceptors (Lipinski definition) is 6. The summed E-state index contributed by atoms with van der Waals surface area (Å²) in [6.45, 7) is 4.16. The lowest BCUT2D eigenvalue weighted by Gasteiger charge is -2.09. The van der Waals surface area contributed by atoms with Crippen LogP contribution in [0.1, 0.15) is 5.82 Å². The van der Waals surface area contributed by atoms with Crippen molar-refractivity contribution in [3.63, 3.8) is 0 Å². The Labute approximate surface area is 195 Å². The fourth-order valence-corrected chi connectivity index (χ4v) is 3.67. The number of rotatable bonds is 10. The molecule has 0 aliphatic rings. The van der Waals surface area contributed by atoms with Crippen molar-refractivity contribution < 1.29 is 14.3 Å². The van der Waals surface area contributed by atoms with Crippen molar-refractivity contribution in [3.8, 4) is 5.75 Å². The lowest BCUT2D eigenvalue weighted by Crippen LogP contribution is -2.18. The minimum absolute atomic E-state index is 0.0278. The highest BCUT2D eigenvalue weighted by Crippen LogP contribution is 2.20. The average Bonchev–Trinajstić information content (AvgIpc) is 3.15. The molecule has 2 aromatic carbocycles. The van der Waals surface area contributed by atoms with E-state index in [1.807, 2.05) is 0 Å². The Morgan fingerprint density at radius 3 is 2.59 bits per heavy atom. The Kier molecular flexibility index (Phi) is 8.29. The lowest BCUT2D eigenvalue weighted by molar-refractivity contribution is -0.116. The average molecular weight is 472 g/mol. The van der Waals surface area contributed by atoms with Crippen molar-refractivity contribution in [1.82, 2.24) is 14.8 Å². The van der Waals surface area contributed by atoms with Crippen LogP contribution in [0, 0.1) is 0 Å². The van der Waals surface area contributed by atoms with E-state index in [0.29, 0.717) is 39.7 Å². The van der Waals surface area contributed by atoms with Crippen molar-refractivity contribution in [3.05, 3.63) is 72.0 Å². The van der Waals surface area contributed by atoms with E-state index in [9.17, 15) is 9.59 Å². The van der Waals surface area contributed by atoms with Gasteiger partial charge in [0.2, 0.25) is 11.8 Å². The van der Waals surface area contributed by atoms with E-state index in [-0.39, 0.29) is 24.0 Å². The number of carbonyl (C=O) groups is 2. The highest BCUT2D eigenvalue weighted by Gasteiger charge is 2.16. The summed E-state index contributed by atoms with van der Waals surface area (Å²) in [5, 5.41) is 15.0. The number of hydrogen-bond donors (Lipinski definition) is 2. The van der Waals surface area contributed by atoms with E-state index in [0.717, 1.165) is 0 Å². The highest BCUT2D eigenvalue weighted by molar-refractivity contribution is 7.99. The first kappa shape index (κ1) is 23.4. The van der Waals surface area contributed by atoms with E-state index in [4.69, 9.17) is 16.3 Å². The van der Waals surface area contributed by atoms with Gasteiger partial charge in [0.05, 0.1) is 19.3 Å². The smallest absolute Gasteiger partial charge is 0.234 e. The molecule has 2 amide bonds. The predicted molar refractivity (Wildman–Crippen MR) is 126 cm³/mol. The van der Waals surface area contributed by atoms with Gasteiger partial charge in [0.15, 0.2) is 5.16 Å². The fourth-order valence-electron chi connectivity index (χ4n) is 2.78. The van der Waals surface area contributed by atoms with Gasteiger partial charge in [-0.3, -0.25) is 9.59 Å². The quantitative estimate of drug-likeness (QED) is 0.342. The third kappa shape index (κ3) is 6.60. The van der Waals surface area contributed by atoms with Crippen molar-refractivity contribution in [2.24, 2.45) is 0 Å². The number of amides is 2. The van der Waals surface area contributed by atoms with Gasteiger partial charge in [0.1, 0.15) is 11.6 Å². The Bertz CT molecular complexity index is 1100. The van der Waals surface area contributed by atoms with Gasteiger partial charge in [-0.2, -0.15) is 0 Å². The van der Waals surface area contributed by atoms with E-state index in [1.165, 1.54) is 11.8 Å². The second kappa shape index (κ2) is 11.4. The maximum absolute atomic E-state index is 12.4. The molecule has 0 aliphatic carbocycles. The minimum Gasteiger partial charge on any atom is -0.497 e. The van der Waals surface area contributed by atoms with Crippen LogP contribution in [0.15, 0.2) is 66.3 Å². The first-order valence-corrected chi connectivity index (χ1v) is 11.0. The SMILES string of the molecule is C=CCn1c(CC(=O)Nc2ccc(Cl)cc2)nnc1SCC(=O)Nc1cccc(OC)c1. The number of aromatic nitrogens is 3. The van der Waals surface area contributed by atoms with Gasteiger partial charge in [-0.25, -0.2) is 0 Å². The zero-order chi connectivity index (χ0) is 22.9. The van der Waals surface area contributed by atoms with Crippen LogP contribution in [-0.4, -0.2) is 39.4 Å². The molecule has 8 nitrogen and oxygen atoms in total. The van der Waals surface area contributed by atoms with Gasteiger partial charge in [-0.15, -0.1) is 16.8 Å². The van der Waals surface area contributed by atoms with Crippen molar-refractivity contribution in [2.75, 3.05) is 23.5 Å². The molecule has 3 aromatic rings. The predicted octanol–water partition coefficient (Wildman–Crippen LogP) is 4.04. The van der Waals surface area contributed by atoms with E-state index >= 15 is 0 Å². The summed E-state index contributed by atoms with van der Waals surface area (Å²) in [7, 11) is 1.57. The molecule has 0 saturated carbocycles. The molecule has 0 unspecified atom stereocenters. The summed E-state index contributed by atoms with van der Waals surface area (Å²) >= 11 is 7.10. The number of ether oxygens (including phenoxy) is 1. The summed E-state index contributed by atoms with van der Waals surface area (Å²) in [6, 6.07) is 13.9. The monoisotopic (exact) mass is 471 g/mol. The zero-order valence-electron chi connectivity index (χ0n) is 17.4. The van der Waals surface area contributed by atoms with Gasteiger partial charge >= 0.3 is 0 Å². The Balaban J connectivity index is 1.60. The summed E-state index contributed by atoms with van der Waals surface area (Å²) < 4.78 is 6.92. The number of carbonyl (C=O) groups excluding carboxylic acids is 2. The topological polar surface area (TPSA) is 98.1 Å². The maximum atomic E-state index is 12.4. The van der Waals surface area contributed by atoms with Gasteiger partial charge in [0.25, 0.3) is 0 Å². The molecule has 2 N–H and O–H groups in total. The van der Waals surface area contributed by atoms with Crippen LogP contribution in [-0.2, 0) is 22.6 Å². The fraction of sp³-hybridized carbons (Fsp3) is 0.182. The Morgan fingerprint density at radius 2 is 1.88 bits per heavy atom. The molecule has 1 aromatic heterocycles. The number of allylic oxidation sites excluding steroid dienone is 1. The third-order valence-electron chi connectivity index (χ3n) is 4.24. The first-order valence-electron chi connectivity index (χ1n) is 9.63. The second-order valence-electron chi connectivity index (χ2n) is 6.60. The second-order valence-corrected chi connectivity index (χ2v) is 7.98. The zero-order valence-corrected chi connectivity index (χ0v) is 18.9. The summed E-state index contributed by atoms with van der Waals surface area (Å²) in [4.78, 5) is 24.8. The molecule has 1 heterocycles. The van der Waals surface area contributed by atoms with Gasteiger partial charge < -0.3 is 19.9 Å². The lowest BCUT2D eigenvalue weighted by atomic mass is 10.3. The van der Waals surface area contributed by atoms with Crippen LogP contribution in [0.2, 0.25) is 5.02 Å². The standard InChI is InChI=1S/C22H22ClN5O3S/c1-3-11-28-19(13-20(29)24-16-9-7-15(23)8-10-16)26-27-22(28)32-14-21(30)25-17-5-4-6-18(12-17)31-2/h3-10,12H,1,11,13-14H2,2H3,(H,24,29)(H,25,30). The van der Waals surface area contributed by atoms with Gasteiger partial charge in [-0.1, -0.05) is 35.5 Å². The Hall–Kier alpha value is -3.30. The number of methoxy groups -OCH3 is 1. The molecule has 0 fully saturated rings. The number of anilines is 2. The number of halogens is 1. The van der Waals surface area contributed by atoms with Crippen LogP contribution < -0.4 is 15.4 Å². The molecule has 166 valence electrons. The molecule has 0 aliphatic heterocycles. The summed E-state index contributed by atoms with van der Waals surface area (Å²) in [5.74, 6) is 0.828. The summed E-state index contributed by atoms with van der Waals surface area (Å²) in [5.41, 5.74) is 1.28. The minimum atomic E-state index is -0.239. The van der Waals surface area contributed by atoms with E-state index < -0.39 is 0 Å². The molecule has 0 atom stereocenters. The molecule has 0 spiro atoms. The number of thioether (sulfide) groups is 1. The first-order chi connectivity index (χ1) is 15.5. The molecule has 32 heavy (non-hydrogen) atoms. The number of nitrogens with zero attached hydrogens (tertiary/aromatic N) is 3. The van der Waals surface area contributed by atoms with Crippen molar-refractivity contribution >= 4 is 46.6 Å². The largest absolute Gasteiger partial charge is 0.497 e. The normalized spacial score (nSPS) is 10.4.